The van der Waals surface area contributed by atoms with E-state index in [1.807, 2.05) is 38.1 Å². The second-order valence-corrected chi connectivity index (χ2v) is 7.06. The first kappa shape index (κ1) is 22.0. The number of ketones is 2. The minimum absolute atomic E-state index is 0.0631. The Kier molecular flexibility index (Phi) is 8.55. The molecule has 2 aromatic carbocycles. The lowest BCUT2D eigenvalue weighted by Crippen LogP contribution is -2.35. The summed E-state index contributed by atoms with van der Waals surface area (Å²) in [5.74, 6) is -0.807. The molecule has 0 aliphatic rings. The average Bonchev–Trinajstić information content (AvgIpc) is 2.76. The average molecular weight is 382 g/mol. The molecule has 1 N–H and O–H groups in total. The van der Waals surface area contributed by atoms with Gasteiger partial charge in [0, 0.05) is 24.4 Å². The maximum atomic E-state index is 12.7. The molecule has 0 radical (unpaired) electrons. The molecule has 0 amide bonds. The normalized spacial score (nSPS) is 12.2. The molecular weight excluding hydrogens is 350 g/mol. The molecule has 0 fully saturated rings. The molecule has 4 nitrogen and oxygen atoms in total. The first-order valence-electron chi connectivity index (χ1n) is 10.1. The van der Waals surface area contributed by atoms with Crippen LogP contribution in [0.3, 0.4) is 0 Å². The van der Waals surface area contributed by atoms with Gasteiger partial charge in [-0.05, 0) is 36.2 Å². The highest BCUT2D eigenvalue weighted by Gasteiger charge is 2.23. The van der Waals surface area contributed by atoms with Crippen molar-refractivity contribution in [3.63, 3.8) is 0 Å². The van der Waals surface area contributed by atoms with Gasteiger partial charge in [-0.25, -0.2) is 0 Å². The topological polar surface area (TPSA) is 57.6 Å². The molecule has 0 saturated heterocycles. The number of rotatable bonds is 11. The first-order valence-corrected chi connectivity index (χ1v) is 10.1. The summed E-state index contributed by atoms with van der Waals surface area (Å²) in [6.07, 6.45) is 1.13. The molecule has 1 atom stereocenters. The molecule has 0 bridgehead atoms. The van der Waals surface area contributed by atoms with Gasteiger partial charge in [-0.3, -0.25) is 9.59 Å². The molecule has 0 aromatic heterocycles. The molecule has 0 saturated carbocycles. The van der Waals surface area contributed by atoms with Gasteiger partial charge in [0.2, 0.25) is 0 Å². The van der Waals surface area contributed by atoms with E-state index in [2.05, 4.69) is 36.1 Å². The van der Waals surface area contributed by atoms with Crippen LogP contribution in [0.2, 0.25) is 0 Å². The number of carbonyl (C=O) groups excluding carboxylic acids is 2. The second kappa shape index (κ2) is 10.9. The predicted molar refractivity (Wildman–Crippen MR) is 114 cm³/mol. The summed E-state index contributed by atoms with van der Waals surface area (Å²) in [5.41, 5.74) is 4.07. The molecule has 0 spiro atoms. The lowest BCUT2D eigenvalue weighted by molar-refractivity contribution is -0.126. The van der Waals surface area contributed by atoms with Crippen molar-refractivity contribution < 1.29 is 14.7 Å². The number of aliphatic hydroxyl groups excluding tert-OH is 1. The number of hydrogen-bond donors (Lipinski definition) is 1. The zero-order chi connectivity index (χ0) is 20.5. The number of carbonyl (C=O) groups is 2. The Balaban J connectivity index is 2.10. The van der Waals surface area contributed by atoms with Crippen molar-refractivity contribution in [2.45, 2.75) is 33.6 Å². The van der Waals surface area contributed by atoms with E-state index in [1.165, 1.54) is 5.56 Å². The standard InChI is InChI=1S/C24H31NO3/c1-4-18-7-9-19(10-8-18)20-11-13-21(14-12-20)23(27)15-22(24(28)17-26)16-25(5-2)6-3/h7-14,22,26H,4-6,15-17H2,1-3H3/t22-/m0/s1. The van der Waals surface area contributed by atoms with Crippen molar-refractivity contribution in [1.29, 1.82) is 0 Å². The maximum absolute atomic E-state index is 12.7. The third kappa shape index (κ3) is 5.85. The minimum Gasteiger partial charge on any atom is -0.389 e. The summed E-state index contributed by atoms with van der Waals surface area (Å²) in [6, 6.07) is 16.0. The summed E-state index contributed by atoms with van der Waals surface area (Å²) >= 11 is 0. The lowest BCUT2D eigenvalue weighted by Gasteiger charge is -2.23. The van der Waals surface area contributed by atoms with Crippen LogP contribution in [0.25, 0.3) is 11.1 Å². The van der Waals surface area contributed by atoms with Gasteiger partial charge in [-0.15, -0.1) is 0 Å². The Morgan fingerprint density at radius 1 is 0.893 bits per heavy atom. The van der Waals surface area contributed by atoms with Crippen LogP contribution in [-0.4, -0.2) is 47.8 Å². The monoisotopic (exact) mass is 381 g/mol. The van der Waals surface area contributed by atoms with Crippen molar-refractivity contribution in [3.05, 3.63) is 59.7 Å². The van der Waals surface area contributed by atoms with Crippen LogP contribution in [0.15, 0.2) is 48.5 Å². The highest BCUT2D eigenvalue weighted by molar-refractivity contribution is 5.99. The third-order valence-electron chi connectivity index (χ3n) is 5.32. The van der Waals surface area contributed by atoms with Crippen LogP contribution in [0.5, 0.6) is 0 Å². The highest BCUT2D eigenvalue weighted by atomic mass is 16.3. The molecule has 0 aliphatic heterocycles. The van der Waals surface area contributed by atoms with E-state index >= 15 is 0 Å². The zero-order valence-electron chi connectivity index (χ0n) is 17.1. The van der Waals surface area contributed by atoms with E-state index in [4.69, 9.17) is 0 Å². The Labute approximate surface area is 168 Å². The van der Waals surface area contributed by atoms with Gasteiger partial charge in [-0.2, -0.15) is 0 Å². The lowest BCUT2D eigenvalue weighted by atomic mass is 9.93. The van der Waals surface area contributed by atoms with Crippen LogP contribution in [-0.2, 0) is 11.2 Å². The molecule has 0 unspecified atom stereocenters. The predicted octanol–water partition coefficient (Wildman–Crippen LogP) is 4.01. The smallest absolute Gasteiger partial charge is 0.163 e. The summed E-state index contributed by atoms with van der Waals surface area (Å²) in [5, 5.41) is 9.27. The van der Waals surface area contributed by atoms with Gasteiger partial charge in [-0.1, -0.05) is 69.3 Å². The largest absolute Gasteiger partial charge is 0.389 e. The molecule has 2 rings (SSSR count). The van der Waals surface area contributed by atoms with Gasteiger partial charge in [0.25, 0.3) is 0 Å². The van der Waals surface area contributed by atoms with Crippen LogP contribution >= 0.6 is 0 Å². The molecule has 28 heavy (non-hydrogen) atoms. The maximum Gasteiger partial charge on any atom is 0.163 e. The number of hydrogen-bond acceptors (Lipinski definition) is 4. The highest BCUT2D eigenvalue weighted by Crippen LogP contribution is 2.22. The van der Waals surface area contributed by atoms with Crippen LogP contribution in [0, 0.1) is 5.92 Å². The van der Waals surface area contributed by atoms with E-state index in [1.54, 1.807) is 0 Å². The summed E-state index contributed by atoms with van der Waals surface area (Å²) in [4.78, 5) is 26.9. The summed E-state index contributed by atoms with van der Waals surface area (Å²) < 4.78 is 0. The number of aliphatic hydroxyl groups is 1. The number of benzene rings is 2. The van der Waals surface area contributed by atoms with Crippen molar-refractivity contribution in [2.75, 3.05) is 26.2 Å². The van der Waals surface area contributed by atoms with Gasteiger partial charge in [0.05, 0.1) is 0 Å². The van der Waals surface area contributed by atoms with Gasteiger partial charge < -0.3 is 10.0 Å². The van der Waals surface area contributed by atoms with Crippen molar-refractivity contribution >= 4 is 11.6 Å². The van der Waals surface area contributed by atoms with Crippen LogP contribution in [0.1, 0.15) is 43.1 Å². The van der Waals surface area contributed by atoms with E-state index in [0.29, 0.717) is 12.1 Å². The Bertz CT molecular complexity index is 761. The van der Waals surface area contributed by atoms with Crippen LogP contribution < -0.4 is 0 Å². The van der Waals surface area contributed by atoms with E-state index in [-0.39, 0.29) is 18.0 Å². The SMILES string of the molecule is CCc1ccc(-c2ccc(C(=O)C[C@@H](CN(CC)CC)C(=O)CO)cc2)cc1. The molecule has 2 aromatic rings. The van der Waals surface area contributed by atoms with Crippen molar-refractivity contribution in [3.8, 4) is 11.1 Å². The second-order valence-electron chi connectivity index (χ2n) is 7.06. The summed E-state index contributed by atoms with van der Waals surface area (Å²) in [7, 11) is 0. The van der Waals surface area contributed by atoms with Gasteiger partial charge >= 0.3 is 0 Å². The molecule has 4 heteroatoms. The fraction of sp³-hybridized carbons (Fsp3) is 0.417. The minimum atomic E-state index is -0.522. The quantitative estimate of drug-likeness (QED) is 0.598. The first-order chi connectivity index (χ1) is 13.5. The Hall–Kier alpha value is -2.30. The molecule has 150 valence electrons. The number of nitrogens with zero attached hydrogens (tertiary/aromatic N) is 1. The van der Waals surface area contributed by atoms with Crippen molar-refractivity contribution in [1.82, 2.24) is 4.90 Å². The van der Waals surface area contributed by atoms with E-state index in [9.17, 15) is 14.7 Å². The molecule has 0 heterocycles. The van der Waals surface area contributed by atoms with Crippen LogP contribution in [0.4, 0.5) is 0 Å². The van der Waals surface area contributed by atoms with Gasteiger partial charge in [0.1, 0.15) is 6.61 Å². The Morgan fingerprint density at radius 3 is 1.89 bits per heavy atom. The fourth-order valence-corrected chi connectivity index (χ4v) is 3.33. The van der Waals surface area contributed by atoms with Gasteiger partial charge in [0.15, 0.2) is 11.6 Å². The van der Waals surface area contributed by atoms with Crippen molar-refractivity contribution in [2.24, 2.45) is 5.92 Å². The third-order valence-corrected chi connectivity index (χ3v) is 5.32. The number of Topliss-reactive ketones (excluding diaryl/α,β-unsaturated/α-hetero) is 2. The zero-order valence-corrected chi connectivity index (χ0v) is 17.1. The number of aryl methyl sites for hydroxylation is 1. The van der Waals surface area contributed by atoms with E-state index < -0.39 is 12.5 Å². The fourth-order valence-electron chi connectivity index (χ4n) is 3.33. The molecular formula is C24H31NO3. The summed E-state index contributed by atoms with van der Waals surface area (Å²) in [6.45, 7) is 7.78. The van der Waals surface area contributed by atoms with E-state index in [0.717, 1.165) is 30.6 Å². The molecule has 0 aliphatic carbocycles. The Morgan fingerprint density at radius 2 is 1.43 bits per heavy atom.